The molecule has 2 bridgehead atoms. The molecule has 1 aromatic rings. The summed E-state index contributed by atoms with van der Waals surface area (Å²) in [6, 6.07) is 1.98. The number of aliphatic hydroxyl groups excluding tert-OH is 2. The first-order chi connectivity index (χ1) is 18.3. The Labute approximate surface area is 227 Å². The van der Waals surface area contributed by atoms with Gasteiger partial charge in [-0.3, -0.25) is 4.79 Å². The smallest absolute Gasteiger partial charge is 0.405 e. The van der Waals surface area contributed by atoms with E-state index in [4.69, 9.17) is 15.2 Å². The lowest BCUT2D eigenvalue weighted by molar-refractivity contribution is -0.114. The Morgan fingerprint density at radius 3 is 2.46 bits per heavy atom. The molecule has 0 radical (unpaired) electrons. The predicted molar refractivity (Wildman–Crippen MR) is 140 cm³/mol. The molecule has 2 amide bonds. The van der Waals surface area contributed by atoms with Crippen molar-refractivity contribution in [3.05, 3.63) is 52.6 Å². The van der Waals surface area contributed by atoms with E-state index in [1.807, 2.05) is 0 Å². The molecular formula is C28H38F2N2O7. The van der Waals surface area contributed by atoms with Crippen LogP contribution in [0.5, 0.6) is 0 Å². The van der Waals surface area contributed by atoms with Crippen LogP contribution in [0.25, 0.3) is 0 Å². The Kier molecular flexibility index (Phi) is 11.8. The summed E-state index contributed by atoms with van der Waals surface area (Å²) in [5.41, 5.74) is 5.59. The van der Waals surface area contributed by atoms with Gasteiger partial charge in [-0.15, -0.1) is 0 Å². The van der Waals surface area contributed by atoms with Gasteiger partial charge in [0.15, 0.2) is 11.6 Å². The van der Waals surface area contributed by atoms with Crippen LogP contribution in [0.1, 0.15) is 58.6 Å². The monoisotopic (exact) mass is 552 g/mol. The maximum Gasteiger partial charge on any atom is 0.405 e. The molecule has 0 aliphatic carbocycles. The second-order valence-electron chi connectivity index (χ2n) is 10.1. The lowest BCUT2D eigenvalue weighted by atomic mass is 9.86. The summed E-state index contributed by atoms with van der Waals surface area (Å²) >= 11 is 0. The van der Waals surface area contributed by atoms with Crippen molar-refractivity contribution in [2.45, 2.75) is 71.4 Å². The van der Waals surface area contributed by atoms with Crippen LogP contribution in [0, 0.1) is 29.4 Å². The zero-order valence-electron chi connectivity index (χ0n) is 22.8. The highest BCUT2D eigenvalue weighted by Crippen LogP contribution is 2.33. The summed E-state index contributed by atoms with van der Waals surface area (Å²) in [6.07, 6.45) is -1.13. The van der Waals surface area contributed by atoms with E-state index < -0.39 is 65.8 Å². The van der Waals surface area contributed by atoms with E-state index in [1.165, 1.54) is 20.1 Å². The van der Waals surface area contributed by atoms with Gasteiger partial charge in [0.1, 0.15) is 12.4 Å². The molecule has 7 atom stereocenters. The highest BCUT2D eigenvalue weighted by Gasteiger charge is 2.32. The van der Waals surface area contributed by atoms with Crippen molar-refractivity contribution in [2.24, 2.45) is 23.5 Å². The fourth-order valence-electron chi connectivity index (χ4n) is 4.77. The highest BCUT2D eigenvalue weighted by atomic mass is 19.2. The number of carbonyl (C=O) groups is 3. The fraction of sp³-hybridized carbons (Fsp3) is 0.536. The van der Waals surface area contributed by atoms with E-state index in [1.54, 1.807) is 32.9 Å². The number of nitrogens with one attached hydrogen (secondary N) is 1. The Hall–Kier alpha value is -3.15. The molecule has 1 aliphatic rings. The number of fused-ring (bicyclic) bond motifs is 2. The number of amides is 2. The number of benzene rings is 1. The van der Waals surface area contributed by atoms with E-state index in [0.717, 1.165) is 6.07 Å². The van der Waals surface area contributed by atoms with Crippen LogP contribution in [0.2, 0.25) is 0 Å². The van der Waals surface area contributed by atoms with Gasteiger partial charge in [-0.1, -0.05) is 26.0 Å². The van der Waals surface area contributed by atoms with E-state index in [2.05, 4.69) is 5.32 Å². The van der Waals surface area contributed by atoms with Gasteiger partial charge in [-0.2, -0.15) is 0 Å². The minimum Gasteiger partial charge on any atom is -0.441 e. The molecule has 11 heteroatoms. The van der Waals surface area contributed by atoms with Crippen molar-refractivity contribution in [1.29, 1.82) is 0 Å². The van der Waals surface area contributed by atoms with Gasteiger partial charge >= 0.3 is 6.09 Å². The van der Waals surface area contributed by atoms with Crippen molar-refractivity contribution in [1.82, 2.24) is 0 Å². The van der Waals surface area contributed by atoms with Gasteiger partial charge in [0.2, 0.25) is 0 Å². The summed E-state index contributed by atoms with van der Waals surface area (Å²) in [5.74, 6) is -5.13. The number of primary amides is 1. The first kappa shape index (κ1) is 32.1. The van der Waals surface area contributed by atoms with E-state index >= 15 is 0 Å². The van der Waals surface area contributed by atoms with Crippen molar-refractivity contribution in [3.8, 4) is 0 Å². The van der Waals surface area contributed by atoms with Gasteiger partial charge in [0.05, 0.1) is 24.2 Å². The zero-order chi connectivity index (χ0) is 29.4. The zero-order valence-corrected chi connectivity index (χ0v) is 22.8. The molecule has 0 fully saturated rings. The van der Waals surface area contributed by atoms with Crippen molar-refractivity contribution < 1.29 is 42.9 Å². The van der Waals surface area contributed by atoms with Gasteiger partial charge in [0.25, 0.3) is 5.91 Å². The van der Waals surface area contributed by atoms with Crippen LogP contribution in [0.15, 0.2) is 35.4 Å². The minimum absolute atomic E-state index is 0.0525. The van der Waals surface area contributed by atoms with Crippen LogP contribution in [-0.2, 0) is 19.1 Å². The summed E-state index contributed by atoms with van der Waals surface area (Å²) in [5, 5.41) is 24.4. The quantitative estimate of drug-likeness (QED) is 0.328. The number of aldehydes is 1. The molecule has 0 saturated heterocycles. The van der Waals surface area contributed by atoms with E-state index in [9.17, 15) is 33.4 Å². The first-order valence-electron chi connectivity index (χ1n) is 12.8. The summed E-state index contributed by atoms with van der Waals surface area (Å²) in [6.45, 7) is 6.45. The lowest BCUT2D eigenvalue weighted by Gasteiger charge is -2.30. The molecule has 0 spiro atoms. The molecule has 0 saturated carbocycles. The Morgan fingerprint density at radius 1 is 1.21 bits per heavy atom. The molecule has 1 aromatic carbocycles. The van der Waals surface area contributed by atoms with Gasteiger partial charge < -0.3 is 35.5 Å². The van der Waals surface area contributed by atoms with Crippen molar-refractivity contribution >= 4 is 24.0 Å². The minimum atomic E-state index is -1.48. The highest BCUT2D eigenvalue weighted by molar-refractivity contribution is 6.03. The molecule has 2 rings (SSSR count). The Balaban J connectivity index is 2.57. The maximum absolute atomic E-state index is 14.7. The topological polar surface area (TPSA) is 148 Å². The fourth-order valence-corrected chi connectivity index (χ4v) is 4.77. The number of allylic oxidation sites excluding steroid dienone is 1. The first-order valence-corrected chi connectivity index (χ1v) is 12.8. The molecule has 0 unspecified atom stereocenters. The molecule has 1 aliphatic heterocycles. The molecule has 9 nitrogen and oxygen atoms in total. The van der Waals surface area contributed by atoms with Gasteiger partial charge in [-0.25, -0.2) is 13.6 Å². The number of aliphatic hydroxyl groups is 2. The van der Waals surface area contributed by atoms with Crippen molar-refractivity contribution in [3.63, 3.8) is 0 Å². The standard InChI is InChI=1S/C28H38F2N2O7/c1-14-7-6-8-18(13-33)26(39-28(31)37)17(4)9-15(2)25(35)22(38-5)10-16(3)24(34)20-11-19(32-27(14)36)12-21(29)23(20)30/h7,9,11-13,15-16,18,22,24-26,34-35H,6,8,10H2,1-5H3,(H2,31,37)(H,32,36)/b14-7+,17-9+/t15-,16-,18+,22-,24+,25+,26-/m0/s1. The second kappa shape index (κ2) is 14.3. The van der Waals surface area contributed by atoms with Crippen LogP contribution in [-0.4, -0.2) is 53.9 Å². The third-order valence-electron chi connectivity index (χ3n) is 7.09. The average molecular weight is 553 g/mol. The number of anilines is 1. The number of carbonyl (C=O) groups excluding carboxylic acids is 3. The van der Waals surface area contributed by atoms with Crippen LogP contribution < -0.4 is 11.1 Å². The summed E-state index contributed by atoms with van der Waals surface area (Å²) < 4.78 is 39.8. The molecule has 5 N–H and O–H groups in total. The van der Waals surface area contributed by atoms with Gasteiger partial charge in [-0.05, 0) is 50.7 Å². The molecule has 39 heavy (non-hydrogen) atoms. The average Bonchev–Trinajstić information content (AvgIpc) is 2.88. The largest absolute Gasteiger partial charge is 0.441 e. The Morgan fingerprint density at radius 2 is 1.87 bits per heavy atom. The molecule has 1 heterocycles. The predicted octanol–water partition coefficient (Wildman–Crippen LogP) is 3.94. The maximum atomic E-state index is 14.7. The molecular weight excluding hydrogens is 514 g/mol. The Bertz CT molecular complexity index is 1110. The number of hydrogen-bond acceptors (Lipinski definition) is 7. The summed E-state index contributed by atoms with van der Waals surface area (Å²) in [4.78, 5) is 36.3. The van der Waals surface area contributed by atoms with Gasteiger partial charge in [0, 0.05) is 35.9 Å². The number of nitrogens with two attached hydrogens (primary N) is 1. The number of methoxy groups -OCH3 is 1. The number of ether oxygens (including phenoxy) is 2. The number of rotatable bonds is 3. The molecule has 0 aromatic heterocycles. The summed E-state index contributed by atoms with van der Waals surface area (Å²) in [7, 11) is 1.37. The third-order valence-corrected chi connectivity index (χ3v) is 7.09. The number of halogens is 2. The van der Waals surface area contributed by atoms with Crippen LogP contribution in [0.3, 0.4) is 0 Å². The van der Waals surface area contributed by atoms with E-state index in [0.29, 0.717) is 11.9 Å². The third kappa shape index (κ3) is 8.42. The number of hydrogen-bond donors (Lipinski definition) is 4. The normalized spacial score (nSPS) is 32.2. The second-order valence-corrected chi connectivity index (χ2v) is 10.1. The lowest BCUT2D eigenvalue weighted by Crippen LogP contribution is -2.36. The SMILES string of the molecule is CO[C@H]1C[C@H](C)[C@@H](O)c2cc(cc(F)c2F)NC(=O)/C(C)=C/CC[C@H](C=O)[C@@H](OC(N)=O)/C(C)=C/[C@H](C)[C@H]1O. The van der Waals surface area contributed by atoms with E-state index in [-0.39, 0.29) is 36.1 Å². The van der Waals surface area contributed by atoms with Crippen LogP contribution in [0.4, 0.5) is 19.3 Å². The van der Waals surface area contributed by atoms with Crippen LogP contribution >= 0.6 is 0 Å². The van der Waals surface area contributed by atoms with Crippen molar-refractivity contribution in [2.75, 3.05) is 12.4 Å². The molecule has 216 valence electrons.